The van der Waals surface area contributed by atoms with Crippen LogP contribution in [0, 0.1) is 0 Å². The summed E-state index contributed by atoms with van der Waals surface area (Å²) >= 11 is 0. The molecule has 1 unspecified atom stereocenters. The van der Waals surface area contributed by atoms with Crippen LogP contribution in [0.4, 0.5) is 0 Å². The molecule has 1 N–H and O–H groups in total. The van der Waals surface area contributed by atoms with Gasteiger partial charge in [-0.15, -0.1) is 0 Å². The molecule has 3 aliphatic rings. The van der Waals surface area contributed by atoms with Crippen LogP contribution in [0.1, 0.15) is 45.1 Å². The number of benzene rings is 9. The molecule has 0 saturated heterocycles. The molecule has 0 fully saturated rings. The van der Waals surface area contributed by atoms with E-state index in [0.29, 0.717) is 0 Å². The summed E-state index contributed by atoms with van der Waals surface area (Å²) < 4.78 is 0. The van der Waals surface area contributed by atoms with Gasteiger partial charge in [-0.05, 0) is 83.5 Å². The number of hydrogen-bond donors (Lipinski definition) is 1. The van der Waals surface area contributed by atoms with E-state index in [4.69, 9.17) is 9.98 Å². The molecule has 0 saturated carbocycles. The van der Waals surface area contributed by atoms with E-state index in [1.807, 2.05) is 12.1 Å². The average molecular weight is 778 g/mol. The van der Waals surface area contributed by atoms with E-state index in [1.54, 1.807) is 0 Å². The maximum Gasteiger partial charge on any atom is 0.169 e. The van der Waals surface area contributed by atoms with E-state index in [0.717, 1.165) is 28.4 Å². The van der Waals surface area contributed by atoms with Crippen molar-refractivity contribution in [1.29, 1.82) is 0 Å². The van der Waals surface area contributed by atoms with Crippen molar-refractivity contribution in [3.05, 3.63) is 263 Å². The second kappa shape index (κ2) is 14.1. The lowest BCUT2D eigenvalue weighted by Gasteiger charge is -2.32. The van der Waals surface area contributed by atoms with Crippen molar-refractivity contribution in [3.63, 3.8) is 0 Å². The topological polar surface area (TPSA) is 36.8 Å². The lowest BCUT2D eigenvalue weighted by atomic mass is 9.68. The highest BCUT2D eigenvalue weighted by molar-refractivity contribution is 6.16. The van der Waals surface area contributed by atoms with E-state index in [-0.39, 0.29) is 0 Å². The molecule has 3 heteroatoms. The minimum absolute atomic E-state index is 0.414. The molecule has 286 valence electrons. The molecule has 9 aromatic carbocycles. The van der Waals surface area contributed by atoms with Gasteiger partial charge in [0.25, 0.3) is 0 Å². The first-order valence-corrected chi connectivity index (χ1v) is 21.0. The monoisotopic (exact) mass is 777 g/mol. The summed E-state index contributed by atoms with van der Waals surface area (Å²) in [6.45, 7) is 0. The Morgan fingerprint density at radius 3 is 1.16 bits per heavy atom. The molecule has 1 aliphatic heterocycles. The quantitative estimate of drug-likeness (QED) is 0.179. The third-order valence-corrected chi connectivity index (χ3v) is 12.8. The molecule has 0 amide bonds. The number of nitrogens with one attached hydrogen (secondary N) is 1. The van der Waals surface area contributed by atoms with Crippen LogP contribution < -0.4 is 5.32 Å². The third-order valence-electron chi connectivity index (χ3n) is 12.8. The lowest BCUT2D eigenvalue weighted by molar-refractivity contribution is 0.756. The molecule has 2 aliphatic carbocycles. The Kier molecular flexibility index (Phi) is 8.14. The van der Waals surface area contributed by atoms with Gasteiger partial charge in [0, 0.05) is 11.1 Å². The maximum absolute atomic E-state index is 5.28. The van der Waals surface area contributed by atoms with E-state index in [2.05, 4.69) is 218 Å². The fourth-order valence-corrected chi connectivity index (χ4v) is 10.0. The van der Waals surface area contributed by atoms with Crippen LogP contribution in [0.15, 0.2) is 234 Å². The van der Waals surface area contributed by atoms with Gasteiger partial charge in [0.05, 0.1) is 5.41 Å². The Hall–Kier alpha value is -7.88. The smallest absolute Gasteiger partial charge is 0.169 e. The summed E-state index contributed by atoms with van der Waals surface area (Å²) in [5.74, 6) is 1.59. The Morgan fingerprint density at radius 1 is 0.295 bits per heavy atom. The van der Waals surface area contributed by atoms with E-state index in [1.165, 1.54) is 77.9 Å². The fourth-order valence-electron chi connectivity index (χ4n) is 10.0. The Bertz CT molecular complexity index is 3120. The molecule has 0 radical (unpaired) electrons. The van der Waals surface area contributed by atoms with Crippen molar-refractivity contribution >= 4 is 11.7 Å². The van der Waals surface area contributed by atoms with Gasteiger partial charge in [-0.25, -0.2) is 9.98 Å². The number of fused-ring (bicyclic) bond motifs is 10. The van der Waals surface area contributed by atoms with Gasteiger partial charge in [-0.1, -0.05) is 224 Å². The van der Waals surface area contributed by atoms with Crippen molar-refractivity contribution in [2.45, 2.75) is 11.6 Å². The van der Waals surface area contributed by atoms with Crippen molar-refractivity contribution < 1.29 is 0 Å². The van der Waals surface area contributed by atoms with Crippen molar-refractivity contribution in [2.24, 2.45) is 9.98 Å². The van der Waals surface area contributed by atoms with Crippen LogP contribution >= 0.6 is 0 Å². The molecule has 1 spiro atoms. The summed E-state index contributed by atoms with van der Waals surface area (Å²) in [7, 11) is 0. The van der Waals surface area contributed by atoms with Crippen molar-refractivity contribution in [1.82, 2.24) is 5.32 Å². The maximum atomic E-state index is 5.28. The largest absolute Gasteiger partial charge is 0.324 e. The molecule has 12 rings (SSSR count). The number of aliphatic imine (C=N–C) groups is 2. The van der Waals surface area contributed by atoms with Crippen molar-refractivity contribution in [2.75, 3.05) is 0 Å². The van der Waals surface area contributed by atoms with Gasteiger partial charge in [0.15, 0.2) is 6.17 Å². The predicted molar refractivity (Wildman–Crippen MR) is 251 cm³/mol. The lowest BCUT2D eigenvalue weighted by Crippen LogP contribution is -2.36. The zero-order chi connectivity index (χ0) is 40.3. The van der Waals surface area contributed by atoms with Gasteiger partial charge in [0.1, 0.15) is 11.7 Å². The first kappa shape index (κ1) is 35.1. The van der Waals surface area contributed by atoms with E-state index >= 15 is 0 Å². The molecule has 9 aromatic rings. The molecule has 61 heavy (non-hydrogen) atoms. The van der Waals surface area contributed by atoms with Gasteiger partial charge < -0.3 is 5.32 Å². The van der Waals surface area contributed by atoms with Gasteiger partial charge in [-0.3, -0.25) is 0 Å². The second-order valence-corrected chi connectivity index (χ2v) is 16.1. The number of amidine groups is 2. The van der Waals surface area contributed by atoms with Gasteiger partial charge in [-0.2, -0.15) is 0 Å². The van der Waals surface area contributed by atoms with Crippen LogP contribution in [0.2, 0.25) is 0 Å². The van der Waals surface area contributed by atoms with Crippen LogP contribution in [-0.4, -0.2) is 11.7 Å². The molecule has 0 bridgehead atoms. The predicted octanol–water partition coefficient (Wildman–Crippen LogP) is 13.5. The number of nitrogens with zero attached hydrogens (tertiary/aromatic N) is 2. The molecular formula is C58H39N3. The average Bonchev–Trinajstić information content (AvgIpc) is 3.82. The van der Waals surface area contributed by atoms with Gasteiger partial charge >= 0.3 is 0 Å². The van der Waals surface area contributed by atoms with Crippen LogP contribution in [0.5, 0.6) is 0 Å². The zero-order valence-corrected chi connectivity index (χ0v) is 33.3. The summed E-state index contributed by atoms with van der Waals surface area (Å²) in [5, 5.41) is 3.66. The van der Waals surface area contributed by atoms with E-state index < -0.39 is 11.6 Å². The molecular weight excluding hydrogens is 739 g/mol. The Morgan fingerprint density at radius 2 is 0.656 bits per heavy atom. The highest BCUT2D eigenvalue weighted by Gasteiger charge is 2.52. The summed E-state index contributed by atoms with van der Waals surface area (Å²) in [4.78, 5) is 10.5. The normalized spacial score (nSPS) is 15.2. The highest BCUT2D eigenvalue weighted by atomic mass is 15.2. The number of hydrogen-bond acceptors (Lipinski definition) is 3. The van der Waals surface area contributed by atoms with E-state index in [9.17, 15) is 0 Å². The van der Waals surface area contributed by atoms with Gasteiger partial charge in [0.2, 0.25) is 0 Å². The number of rotatable bonds is 6. The first-order valence-electron chi connectivity index (χ1n) is 21.0. The SMILES string of the molecule is c1ccc(-c2ccc(C3=NC(c4ccc(-c5ccccc5)cc4)N=C(c4ccc(-c5cccc6c5C5(c7ccccc7-c7ccccc75)c5ccccc5-6)cc4)N3)cc2)cc1. The fraction of sp³-hybridized carbons (Fsp3) is 0.0345. The molecule has 1 atom stereocenters. The minimum Gasteiger partial charge on any atom is -0.324 e. The Balaban J connectivity index is 0.949. The van der Waals surface area contributed by atoms with Crippen molar-refractivity contribution in [3.8, 4) is 55.6 Å². The zero-order valence-electron chi connectivity index (χ0n) is 33.3. The Labute approximate surface area is 356 Å². The summed E-state index contributed by atoms with van der Waals surface area (Å²) in [5.41, 5.74) is 20.3. The third kappa shape index (κ3) is 5.58. The summed E-state index contributed by atoms with van der Waals surface area (Å²) in [6, 6.07) is 81.1. The summed E-state index contributed by atoms with van der Waals surface area (Å²) in [6.07, 6.45) is -0.414. The second-order valence-electron chi connectivity index (χ2n) is 16.1. The standard InChI is InChI=1S/C58H39N3/c1-3-14-38(15-4-1)40-26-32-43(33-27-40)55-59-56(44-34-28-41(29-35-44)39-16-5-2-6-17-39)61-57(60-55)45-36-30-42(31-37-45)46-21-13-22-50-49-20-9-12-25-53(49)58(54(46)50)51-23-10-7-18-47(51)48-19-8-11-24-52(48)58/h1-37,55H,(H,59,60,61). The molecule has 3 nitrogen and oxygen atoms in total. The molecule has 1 heterocycles. The first-order chi connectivity index (χ1) is 30.2. The minimum atomic E-state index is -0.423. The molecule has 0 aromatic heterocycles. The van der Waals surface area contributed by atoms with Crippen LogP contribution in [0.3, 0.4) is 0 Å². The highest BCUT2D eigenvalue weighted by Crippen LogP contribution is 2.64. The van der Waals surface area contributed by atoms with Crippen LogP contribution in [0.25, 0.3) is 55.6 Å². The van der Waals surface area contributed by atoms with Crippen LogP contribution in [-0.2, 0) is 5.41 Å².